The van der Waals surface area contributed by atoms with Gasteiger partial charge in [0.05, 0.1) is 43.6 Å². The third-order valence-electron chi connectivity index (χ3n) is 22.7. The van der Waals surface area contributed by atoms with E-state index in [2.05, 4.69) is 87.6 Å². The Labute approximate surface area is 726 Å². The van der Waals surface area contributed by atoms with Gasteiger partial charge in [-0.2, -0.15) is 13.2 Å². The number of carbonyl (C=O) groups excluding carboxylic acids is 9. The number of benzene rings is 7. The number of nitrogens with zero attached hydrogens (tertiary/aromatic N) is 4. The molecule has 7 aromatic carbocycles. The molecule has 0 saturated carbocycles. The molecule has 4 heterocycles. The van der Waals surface area contributed by atoms with Crippen LogP contribution in [0.25, 0.3) is 10.8 Å². The summed E-state index contributed by atoms with van der Waals surface area (Å²) in [6.07, 6.45) is 1.97. The number of rotatable bonds is 32. The van der Waals surface area contributed by atoms with Crippen LogP contribution in [-0.2, 0) is 24.0 Å². The van der Waals surface area contributed by atoms with E-state index in [1.807, 2.05) is 107 Å². The highest BCUT2D eigenvalue weighted by Crippen LogP contribution is 2.34. The number of likely N-dealkylation sites (tertiary alicyclic amines) is 1. The second-order valence-corrected chi connectivity index (χ2v) is 33.8. The monoisotopic (exact) mass is 1750 g/mol. The predicted molar refractivity (Wildman–Crippen MR) is 468 cm³/mol. The smallest absolute Gasteiger partial charge is 0.352 e. The first kappa shape index (κ1) is 95.0. The number of urea groups is 1. The molecule has 22 nitrogen and oxygen atoms in total. The zero-order chi connectivity index (χ0) is 86.8. The quantitative estimate of drug-likeness (QED) is 0.0140. The second kappa shape index (κ2) is 45.8. The van der Waals surface area contributed by atoms with E-state index >= 15 is 0 Å². The molecule has 10 amide bonds. The summed E-state index contributed by atoms with van der Waals surface area (Å²) in [7, 11) is 0. The standard InChI is InChI=1S/C31H38Cl2N4O4.C31H38ClN5O3.C28H35Cl2F3N4O2/c1-4-20(21-8-6-5-7-9-21)19-36-14-12-23(18-34-28(39)22-10-11-24(32)25(33)16-22)35-26(29(36)40)13-15-37-27(38)17-31(2,3)30(37)41;1-2-21(22-7-4-3-5-8-22)20-37-16-14-27(36-28(30(37)39)9-6-15-34-31(33)40)19-35-29(38)25-11-10-24-18-26(32)13-12-23(24)17-25;1-3-19(20-7-5-4-6-8-20)17-37-14-12-22(16-35-26(38)21-9-10-23(29)24(30)15-21)36-25(27(37)39)11-13-34-18(2)28(31,32)33/h5-11,16,20,23,26,35H,4,12-15,17-19H2,1-3H3,(H,34,39);3-5,7-8,10-13,17-18,21,27-28,36H,2,6,9,14-16,19-20H2,1H3,(H,35,38)(H3,33,34,40);4-10,15,18-19,22,25,34,36H,3,11-14,16-17H2,1-2H3,(H,35,38)/t20-,23+,26+;21-,27+,28+;18?,19-,22+,25+/m111/s1. The van der Waals surface area contributed by atoms with Gasteiger partial charge in [-0.15, -0.1) is 0 Å². The molecule has 0 aromatic heterocycles. The maximum absolute atomic E-state index is 13.9. The van der Waals surface area contributed by atoms with Crippen LogP contribution < -0.4 is 48.3 Å². The largest absolute Gasteiger partial charge is 0.403 e. The lowest BCUT2D eigenvalue weighted by Gasteiger charge is -2.29. The first-order valence-corrected chi connectivity index (χ1v) is 43.1. The van der Waals surface area contributed by atoms with Crippen molar-refractivity contribution in [2.45, 2.75) is 178 Å². The summed E-state index contributed by atoms with van der Waals surface area (Å²) in [5, 5.41) is 28.0. The predicted octanol–water partition coefficient (Wildman–Crippen LogP) is 14.5. The average Bonchev–Trinajstić information content (AvgIpc) is 1.60. The number of imide groups is 1. The fraction of sp³-hybridized carbons (Fsp3) is 0.456. The van der Waals surface area contributed by atoms with Gasteiger partial charge in [-0.05, 0) is 166 Å². The molecule has 4 saturated heterocycles. The van der Waals surface area contributed by atoms with Crippen molar-refractivity contribution in [3.8, 4) is 0 Å². The minimum Gasteiger partial charge on any atom is -0.352 e. The number of halogens is 8. The maximum Gasteiger partial charge on any atom is 0.403 e. The Morgan fingerprint density at radius 3 is 1.26 bits per heavy atom. The summed E-state index contributed by atoms with van der Waals surface area (Å²) in [5.74, 6) is -0.825. The molecule has 4 aliphatic rings. The molecule has 1 unspecified atom stereocenters. The molecule has 4 aliphatic heterocycles. The highest BCUT2D eigenvalue weighted by Gasteiger charge is 2.46. The first-order chi connectivity index (χ1) is 57.3. The number of amides is 10. The molecular weight excluding hydrogens is 1640 g/mol. The van der Waals surface area contributed by atoms with Crippen LogP contribution in [0.4, 0.5) is 18.0 Å². The SMILES string of the molecule is CC[C@H](CN1CC[C@@H](CNC(=O)c2ccc(Cl)c(Cl)c2)N[C@@H](CCN2C(=O)CC(C)(C)C2=O)C1=O)c1ccccc1.CC[C@H](CN1CC[C@@H](CNC(=O)c2ccc(Cl)c(Cl)c2)N[C@@H](CCNC(C)C(F)(F)F)C1=O)c1ccccc1.CC[C@H](CN1CC[C@@H](CNC(=O)c2ccc3cc(Cl)ccc3c2)N[C@@H](CCCNC(N)=O)C1=O)c1ccccc1. The molecule has 10 atom stereocenters. The van der Waals surface area contributed by atoms with Crippen LogP contribution in [0, 0.1) is 5.41 Å². The number of fused-ring (bicyclic) bond motifs is 1. The van der Waals surface area contributed by atoms with Gasteiger partial charge in [0.1, 0.15) is 6.04 Å². The lowest BCUT2D eigenvalue weighted by atomic mass is 9.92. The molecule has 4 fully saturated rings. The molecular formula is C90H111Cl5F3N13O9. The Morgan fingerprint density at radius 1 is 0.492 bits per heavy atom. The Bertz CT molecular complexity index is 4620. The molecule has 0 radical (unpaired) electrons. The topological polar surface area (TPSA) is 289 Å². The van der Waals surface area contributed by atoms with E-state index in [1.165, 1.54) is 28.2 Å². The van der Waals surface area contributed by atoms with E-state index in [4.69, 9.17) is 63.7 Å². The summed E-state index contributed by atoms with van der Waals surface area (Å²) < 4.78 is 38.9. The van der Waals surface area contributed by atoms with Gasteiger partial charge in [0.2, 0.25) is 29.5 Å². The molecule has 0 aliphatic carbocycles. The summed E-state index contributed by atoms with van der Waals surface area (Å²) >= 11 is 30.1. The van der Waals surface area contributed by atoms with Crippen molar-refractivity contribution >= 4 is 122 Å². The summed E-state index contributed by atoms with van der Waals surface area (Å²) in [5.41, 5.74) is 9.32. The van der Waals surface area contributed by atoms with Crippen LogP contribution in [0.1, 0.15) is 178 Å². The van der Waals surface area contributed by atoms with Crippen molar-refractivity contribution in [1.29, 1.82) is 0 Å². The van der Waals surface area contributed by atoms with Crippen LogP contribution in [0.15, 0.2) is 164 Å². The number of nitrogens with one attached hydrogen (secondary N) is 8. The van der Waals surface area contributed by atoms with Crippen molar-refractivity contribution in [3.63, 3.8) is 0 Å². The van der Waals surface area contributed by atoms with E-state index < -0.39 is 41.8 Å². The molecule has 646 valence electrons. The molecule has 0 spiro atoms. The van der Waals surface area contributed by atoms with Crippen LogP contribution in [0.3, 0.4) is 0 Å². The number of carbonyl (C=O) groups is 9. The Morgan fingerprint density at radius 2 is 0.875 bits per heavy atom. The zero-order valence-corrected chi connectivity index (χ0v) is 72.5. The highest BCUT2D eigenvalue weighted by molar-refractivity contribution is 6.42. The third-order valence-corrected chi connectivity index (χ3v) is 24.4. The van der Waals surface area contributed by atoms with Gasteiger partial charge in [0.15, 0.2) is 0 Å². The van der Waals surface area contributed by atoms with Crippen molar-refractivity contribution in [2.75, 3.05) is 78.5 Å². The van der Waals surface area contributed by atoms with Crippen LogP contribution in [0.5, 0.6) is 0 Å². The number of hydrogen-bond donors (Lipinski definition) is 9. The van der Waals surface area contributed by atoms with Crippen LogP contribution in [0.2, 0.25) is 25.1 Å². The lowest BCUT2D eigenvalue weighted by molar-refractivity contribution is -0.151. The van der Waals surface area contributed by atoms with E-state index in [0.717, 1.165) is 42.5 Å². The Balaban J connectivity index is 0.000000205. The Kier molecular flexibility index (Phi) is 36.3. The third kappa shape index (κ3) is 27.8. The van der Waals surface area contributed by atoms with Gasteiger partial charge < -0.3 is 63.0 Å². The zero-order valence-electron chi connectivity index (χ0n) is 68.7. The molecule has 11 rings (SSSR count). The van der Waals surface area contributed by atoms with Crippen molar-refractivity contribution < 1.29 is 56.3 Å². The van der Waals surface area contributed by atoms with Gasteiger partial charge in [-0.3, -0.25) is 43.3 Å². The van der Waals surface area contributed by atoms with E-state index in [1.54, 1.807) is 49.1 Å². The first-order valence-electron chi connectivity index (χ1n) is 41.2. The van der Waals surface area contributed by atoms with E-state index in [9.17, 15) is 56.3 Å². The lowest BCUT2D eigenvalue weighted by Crippen LogP contribution is -2.51. The van der Waals surface area contributed by atoms with Gasteiger partial charge in [-0.1, -0.05) is 196 Å². The summed E-state index contributed by atoms with van der Waals surface area (Å²) in [6.45, 7) is 15.7. The molecule has 30 heteroatoms. The molecule has 7 aromatic rings. The molecule has 120 heavy (non-hydrogen) atoms. The average molecular weight is 1750 g/mol. The van der Waals surface area contributed by atoms with Gasteiger partial charge in [0.25, 0.3) is 17.7 Å². The normalized spacial score (nSPS) is 19.9. The van der Waals surface area contributed by atoms with Gasteiger partial charge in [-0.25, -0.2) is 4.79 Å². The summed E-state index contributed by atoms with van der Waals surface area (Å²) in [4.78, 5) is 123. The van der Waals surface area contributed by atoms with Gasteiger partial charge >= 0.3 is 12.2 Å². The fourth-order valence-corrected chi connectivity index (χ4v) is 16.2. The van der Waals surface area contributed by atoms with Gasteiger partial charge in [0, 0.05) is 136 Å². The van der Waals surface area contributed by atoms with E-state index in [-0.39, 0.29) is 121 Å². The summed E-state index contributed by atoms with van der Waals surface area (Å²) in [6, 6.07) is 46.3. The number of alkyl halides is 3. The number of nitrogens with two attached hydrogens (primary N) is 1. The maximum atomic E-state index is 13.9. The van der Waals surface area contributed by atoms with E-state index in [0.29, 0.717) is 134 Å². The number of primary amides is 1. The number of hydrogen-bond acceptors (Lipinski definition) is 13. The minimum absolute atomic E-state index is 0.0101. The fourth-order valence-electron chi connectivity index (χ4n) is 15.5. The Hall–Kier alpha value is -8.89. The van der Waals surface area contributed by atoms with Crippen molar-refractivity contribution in [3.05, 3.63) is 222 Å². The highest BCUT2D eigenvalue weighted by atomic mass is 35.5. The molecule has 10 N–H and O–H groups in total. The van der Waals surface area contributed by atoms with Crippen molar-refractivity contribution in [1.82, 2.24) is 62.1 Å². The van der Waals surface area contributed by atoms with Crippen molar-refractivity contribution in [2.24, 2.45) is 11.1 Å². The van der Waals surface area contributed by atoms with Crippen LogP contribution >= 0.6 is 58.0 Å². The second-order valence-electron chi connectivity index (χ2n) is 31.7. The van der Waals surface area contributed by atoms with Crippen LogP contribution in [-0.4, -0.2) is 200 Å². The minimum atomic E-state index is -4.37. The molecule has 0 bridgehead atoms.